The van der Waals surface area contributed by atoms with Crippen molar-refractivity contribution in [1.29, 1.82) is 0 Å². The Balaban J connectivity index is 1.58. The fraction of sp³-hybridized carbons (Fsp3) is 0.500. The molecule has 1 aliphatic carbocycles. The van der Waals surface area contributed by atoms with Crippen LogP contribution in [0.25, 0.3) is 0 Å². The summed E-state index contributed by atoms with van der Waals surface area (Å²) < 4.78 is 0. The molecule has 1 aromatic carbocycles. The minimum atomic E-state index is -0.529. The third kappa shape index (κ3) is 3.38. The van der Waals surface area contributed by atoms with E-state index in [0.717, 1.165) is 24.1 Å². The summed E-state index contributed by atoms with van der Waals surface area (Å²) in [4.78, 5) is 17.5. The van der Waals surface area contributed by atoms with Gasteiger partial charge in [-0.15, -0.1) is 0 Å². The number of oxime groups is 1. The maximum atomic E-state index is 12.2. The van der Waals surface area contributed by atoms with Crippen molar-refractivity contribution in [3.63, 3.8) is 0 Å². The third-order valence-electron chi connectivity index (χ3n) is 4.10. The Hall–Kier alpha value is -1.55. The van der Waals surface area contributed by atoms with Crippen LogP contribution in [0.2, 0.25) is 5.02 Å². The number of benzene rings is 1. The van der Waals surface area contributed by atoms with Gasteiger partial charge in [0, 0.05) is 23.0 Å². The number of rotatable bonds is 3. The van der Waals surface area contributed by atoms with E-state index >= 15 is 0 Å². The van der Waals surface area contributed by atoms with Crippen LogP contribution in [0, 0.1) is 0 Å². The highest BCUT2D eigenvalue weighted by molar-refractivity contribution is 6.34. The number of nitrogens with zero attached hydrogens (tertiary/aromatic N) is 1. The maximum absolute atomic E-state index is 12.2. The van der Waals surface area contributed by atoms with E-state index in [9.17, 15) is 4.79 Å². The van der Waals surface area contributed by atoms with Crippen molar-refractivity contribution >= 4 is 23.2 Å². The van der Waals surface area contributed by atoms with Crippen molar-refractivity contribution in [3.05, 3.63) is 34.9 Å². The lowest BCUT2D eigenvalue weighted by Gasteiger charge is -2.23. The molecule has 1 amide bonds. The quantitative estimate of drug-likeness (QED) is 0.931. The molecule has 1 atom stereocenters. The van der Waals surface area contributed by atoms with Crippen molar-refractivity contribution in [2.24, 2.45) is 5.16 Å². The van der Waals surface area contributed by atoms with E-state index in [1.807, 2.05) is 24.3 Å². The largest absolute Gasteiger partial charge is 0.382 e. The lowest BCUT2D eigenvalue weighted by Crippen LogP contribution is -2.42. The van der Waals surface area contributed by atoms with Crippen LogP contribution in [-0.2, 0) is 9.63 Å². The van der Waals surface area contributed by atoms with Crippen LogP contribution >= 0.6 is 11.6 Å². The standard InChI is InChI=1S/C16H19ClN2O2/c17-13-9-5-4-8-12(13)14-10-15(21-19-14)16(20)18-11-6-2-1-3-7-11/h4-5,8-9,11,15H,1-3,6-7,10H2,(H,18,20). The lowest BCUT2D eigenvalue weighted by atomic mass is 9.95. The fourth-order valence-electron chi connectivity index (χ4n) is 2.91. The summed E-state index contributed by atoms with van der Waals surface area (Å²) in [7, 11) is 0. The summed E-state index contributed by atoms with van der Waals surface area (Å²) in [6.45, 7) is 0. The zero-order chi connectivity index (χ0) is 14.7. The molecule has 0 bridgehead atoms. The Labute approximate surface area is 129 Å². The highest BCUT2D eigenvalue weighted by atomic mass is 35.5. The van der Waals surface area contributed by atoms with Gasteiger partial charge < -0.3 is 10.2 Å². The molecule has 1 unspecified atom stereocenters. The molecule has 112 valence electrons. The molecule has 21 heavy (non-hydrogen) atoms. The molecule has 0 radical (unpaired) electrons. The first-order valence-corrected chi connectivity index (χ1v) is 7.90. The number of amides is 1. The van der Waals surface area contributed by atoms with Crippen LogP contribution in [0.5, 0.6) is 0 Å². The maximum Gasteiger partial charge on any atom is 0.264 e. The summed E-state index contributed by atoms with van der Waals surface area (Å²) in [6.07, 6.45) is 5.73. The number of halogens is 1. The average Bonchev–Trinajstić information content (AvgIpc) is 2.98. The molecule has 1 heterocycles. The Morgan fingerprint density at radius 1 is 1.24 bits per heavy atom. The second-order valence-electron chi connectivity index (χ2n) is 5.66. The van der Waals surface area contributed by atoms with Crippen LogP contribution < -0.4 is 5.32 Å². The Morgan fingerprint density at radius 2 is 2.00 bits per heavy atom. The van der Waals surface area contributed by atoms with Gasteiger partial charge in [0.15, 0.2) is 0 Å². The predicted octanol–water partition coefficient (Wildman–Crippen LogP) is 3.28. The molecule has 1 aliphatic heterocycles. The number of nitrogens with one attached hydrogen (secondary N) is 1. The first-order valence-electron chi connectivity index (χ1n) is 7.52. The van der Waals surface area contributed by atoms with Crippen molar-refractivity contribution in [2.45, 2.75) is 50.7 Å². The normalized spacial score (nSPS) is 22.5. The van der Waals surface area contributed by atoms with Gasteiger partial charge in [-0.1, -0.05) is 54.2 Å². The molecule has 1 aromatic rings. The molecule has 1 fully saturated rings. The summed E-state index contributed by atoms with van der Waals surface area (Å²) >= 11 is 6.15. The van der Waals surface area contributed by atoms with Crippen molar-refractivity contribution in [3.8, 4) is 0 Å². The first kappa shape index (κ1) is 14.4. The average molecular weight is 307 g/mol. The van der Waals surface area contributed by atoms with Gasteiger partial charge in [0.1, 0.15) is 0 Å². The van der Waals surface area contributed by atoms with E-state index in [2.05, 4.69) is 10.5 Å². The van der Waals surface area contributed by atoms with Crippen LogP contribution in [0.15, 0.2) is 29.4 Å². The number of carbonyl (C=O) groups excluding carboxylic acids is 1. The molecular weight excluding hydrogens is 288 g/mol. The van der Waals surface area contributed by atoms with Crippen LogP contribution in [-0.4, -0.2) is 23.8 Å². The molecule has 1 saturated carbocycles. The SMILES string of the molecule is O=C(NC1CCCCC1)C1CC(c2ccccc2Cl)=NO1. The van der Waals surface area contributed by atoms with Gasteiger partial charge in [-0.2, -0.15) is 0 Å². The van der Waals surface area contributed by atoms with Gasteiger partial charge in [0.25, 0.3) is 5.91 Å². The van der Waals surface area contributed by atoms with Crippen molar-refractivity contribution in [1.82, 2.24) is 5.32 Å². The summed E-state index contributed by atoms with van der Waals surface area (Å²) in [5.74, 6) is -0.0623. The summed E-state index contributed by atoms with van der Waals surface area (Å²) in [5, 5.41) is 7.74. The fourth-order valence-corrected chi connectivity index (χ4v) is 3.16. The summed E-state index contributed by atoms with van der Waals surface area (Å²) in [5.41, 5.74) is 1.58. The van der Waals surface area contributed by atoms with Gasteiger partial charge in [0.05, 0.1) is 5.71 Å². The molecule has 5 heteroatoms. The van der Waals surface area contributed by atoms with E-state index in [1.54, 1.807) is 0 Å². The van der Waals surface area contributed by atoms with Crippen LogP contribution in [0.3, 0.4) is 0 Å². The minimum Gasteiger partial charge on any atom is -0.382 e. The highest BCUT2D eigenvalue weighted by Gasteiger charge is 2.31. The van der Waals surface area contributed by atoms with Crippen molar-refractivity contribution in [2.75, 3.05) is 0 Å². The van der Waals surface area contributed by atoms with E-state index < -0.39 is 6.10 Å². The van der Waals surface area contributed by atoms with E-state index in [4.69, 9.17) is 16.4 Å². The van der Waals surface area contributed by atoms with E-state index in [0.29, 0.717) is 17.5 Å². The van der Waals surface area contributed by atoms with Gasteiger partial charge in [-0.3, -0.25) is 4.79 Å². The van der Waals surface area contributed by atoms with E-state index in [1.165, 1.54) is 19.3 Å². The predicted molar refractivity (Wildman–Crippen MR) is 82.5 cm³/mol. The minimum absolute atomic E-state index is 0.0623. The Bertz CT molecular complexity index is 553. The molecule has 4 nitrogen and oxygen atoms in total. The van der Waals surface area contributed by atoms with Gasteiger partial charge in [0.2, 0.25) is 6.10 Å². The van der Waals surface area contributed by atoms with Crippen molar-refractivity contribution < 1.29 is 9.63 Å². The Kier molecular flexibility index (Phi) is 4.44. The highest BCUT2D eigenvalue weighted by Crippen LogP contribution is 2.23. The molecule has 0 saturated heterocycles. The first-order chi connectivity index (χ1) is 10.2. The number of carbonyl (C=O) groups is 1. The molecular formula is C16H19ClN2O2. The van der Waals surface area contributed by atoms with Crippen LogP contribution in [0.1, 0.15) is 44.1 Å². The molecule has 0 spiro atoms. The molecule has 2 aliphatic rings. The molecule has 1 N–H and O–H groups in total. The lowest BCUT2D eigenvalue weighted by molar-refractivity contribution is -0.132. The van der Waals surface area contributed by atoms with Gasteiger partial charge in [-0.05, 0) is 18.9 Å². The molecule has 0 aromatic heterocycles. The van der Waals surface area contributed by atoms with Gasteiger partial charge >= 0.3 is 0 Å². The number of hydrogen-bond donors (Lipinski definition) is 1. The van der Waals surface area contributed by atoms with Crippen LogP contribution in [0.4, 0.5) is 0 Å². The zero-order valence-corrected chi connectivity index (χ0v) is 12.6. The number of hydrogen-bond acceptors (Lipinski definition) is 3. The smallest absolute Gasteiger partial charge is 0.264 e. The monoisotopic (exact) mass is 306 g/mol. The zero-order valence-electron chi connectivity index (χ0n) is 11.8. The topological polar surface area (TPSA) is 50.7 Å². The molecule has 3 rings (SSSR count). The Morgan fingerprint density at radius 3 is 2.76 bits per heavy atom. The van der Waals surface area contributed by atoms with Gasteiger partial charge in [-0.25, -0.2) is 0 Å². The van der Waals surface area contributed by atoms with E-state index in [-0.39, 0.29) is 5.91 Å². The third-order valence-corrected chi connectivity index (χ3v) is 4.43. The summed E-state index contributed by atoms with van der Waals surface area (Å²) in [6, 6.07) is 7.77. The second-order valence-corrected chi connectivity index (χ2v) is 6.07. The second kappa shape index (κ2) is 6.48.